The van der Waals surface area contributed by atoms with Crippen LogP contribution in [0.1, 0.15) is 22.3 Å². The SMILES string of the molecule is O=C(Nc1ccc(SC2CC(=O)N(c3ccc(Br)cc3)C2=O)cc1)/C(=C/c1c(Cl)cccc1Cl)NC(=O)c1ccccc1. The van der Waals surface area contributed by atoms with Crippen molar-refractivity contribution in [2.24, 2.45) is 0 Å². The second kappa shape index (κ2) is 13.6. The molecule has 0 aliphatic carbocycles. The Balaban J connectivity index is 1.30. The fraction of sp³-hybridized carbons (Fsp3) is 0.0625. The molecule has 1 atom stereocenters. The number of thioether (sulfide) groups is 1. The first-order valence-electron chi connectivity index (χ1n) is 12.9. The number of benzene rings is 4. The lowest BCUT2D eigenvalue weighted by atomic mass is 10.1. The van der Waals surface area contributed by atoms with E-state index in [1.54, 1.807) is 97.1 Å². The molecule has 1 aliphatic heterocycles. The van der Waals surface area contributed by atoms with Crippen LogP contribution in [0.15, 0.2) is 112 Å². The maximum Gasteiger partial charge on any atom is 0.272 e. The Morgan fingerprint density at radius 1 is 0.860 bits per heavy atom. The van der Waals surface area contributed by atoms with E-state index in [4.69, 9.17) is 23.2 Å². The topological polar surface area (TPSA) is 95.6 Å². The van der Waals surface area contributed by atoms with Crippen LogP contribution in [0.3, 0.4) is 0 Å². The maximum absolute atomic E-state index is 13.4. The first kappa shape index (κ1) is 30.6. The molecule has 0 radical (unpaired) electrons. The number of nitrogens with zero attached hydrogens (tertiary/aromatic N) is 1. The van der Waals surface area contributed by atoms with Crippen LogP contribution in [0.2, 0.25) is 10.0 Å². The van der Waals surface area contributed by atoms with Crippen LogP contribution in [0, 0.1) is 0 Å². The van der Waals surface area contributed by atoms with E-state index in [0.717, 1.165) is 9.37 Å². The normalized spacial score (nSPS) is 15.0. The van der Waals surface area contributed by atoms with Crippen molar-refractivity contribution in [2.45, 2.75) is 16.6 Å². The first-order chi connectivity index (χ1) is 20.7. The minimum absolute atomic E-state index is 0.0644. The molecule has 1 aliphatic rings. The molecule has 4 aromatic rings. The number of imide groups is 1. The summed E-state index contributed by atoms with van der Waals surface area (Å²) in [6.45, 7) is 0. The predicted octanol–water partition coefficient (Wildman–Crippen LogP) is 7.59. The average Bonchev–Trinajstić information content (AvgIpc) is 3.28. The van der Waals surface area contributed by atoms with Gasteiger partial charge in [-0.25, -0.2) is 4.90 Å². The third-order valence-corrected chi connectivity index (χ3v) is 8.78. The monoisotopic (exact) mass is 693 g/mol. The van der Waals surface area contributed by atoms with E-state index in [9.17, 15) is 19.2 Å². The molecule has 1 unspecified atom stereocenters. The summed E-state index contributed by atoms with van der Waals surface area (Å²) >= 11 is 17.3. The van der Waals surface area contributed by atoms with Crippen LogP contribution in [0.25, 0.3) is 6.08 Å². The van der Waals surface area contributed by atoms with Crippen LogP contribution in [0.5, 0.6) is 0 Å². The molecule has 0 saturated carbocycles. The van der Waals surface area contributed by atoms with E-state index in [1.165, 1.54) is 22.7 Å². The largest absolute Gasteiger partial charge is 0.321 e. The highest BCUT2D eigenvalue weighted by atomic mass is 79.9. The molecule has 1 fully saturated rings. The Hall–Kier alpha value is -3.89. The van der Waals surface area contributed by atoms with Crippen LogP contribution in [-0.4, -0.2) is 28.9 Å². The number of nitrogens with one attached hydrogen (secondary N) is 2. The van der Waals surface area contributed by atoms with Gasteiger partial charge < -0.3 is 10.6 Å². The van der Waals surface area contributed by atoms with Gasteiger partial charge in [0.15, 0.2) is 0 Å². The van der Waals surface area contributed by atoms with Crippen LogP contribution in [-0.2, 0) is 14.4 Å². The van der Waals surface area contributed by atoms with Crippen LogP contribution >= 0.6 is 50.9 Å². The highest BCUT2D eigenvalue weighted by molar-refractivity contribution is 9.10. The van der Waals surface area contributed by atoms with Crippen LogP contribution < -0.4 is 15.5 Å². The summed E-state index contributed by atoms with van der Waals surface area (Å²) in [5.41, 5.74) is 1.66. The minimum Gasteiger partial charge on any atom is -0.321 e. The van der Waals surface area contributed by atoms with Gasteiger partial charge in [-0.3, -0.25) is 19.2 Å². The quantitative estimate of drug-likeness (QED) is 0.146. The molecule has 7 nitrogen and oxygen atoms in total. The van der Waals surface area contributed by atoms with Crippen molar-refractivity contribution in [3.8, 4) is 0 Å². The molecular formula is C32H22BrCl2N3O4S. The molecule has 0 spiro atoms. The van der Waals surface area contributed by atoms with E-state index >= 15 is 0 Å². The summed E-state index contributed by atoms with van der Waals surface area (Å²) in [6.07, 6.45) is 1.50. The van der Waals surface area contributed by atoms with Crippen molar-refractivity contribution in [2.75, 3.05) is 10.2 Å². The van der Waals surface area contributed by atoms with E-state index in [2.05, 4.69) is 26.6 Å². The number of carbonyl (C=O) groups is 4. The third kappa shape index (κ3) is 7.37. The Bertz CT molecular complexity index is 1710. The van der Waals surface area contributed by atoms with E-state index in [1.807, 2.05) is 0 Å². The van der Waals surface area contributed by atoms with E-state index in [-0.39, 0.29) is 23.9 Å². The molecule has 5 rings (SSSR count). The molecule has 0 bridgehead atoms. The number of amides is 4. The molecule has 0 aromatic heterocycles. The highest BCUT2D eigenvalue weighted by Gasteiger charge is 2.40. The molecule has 1 saturated heterocycles. The molecule has 4 aromatic carbocycles. The zero-order chi connectivity index (χ0) is 30.5. The summed E-state index contributed by atoms with van der Waals surface area (Å²) in [7, 11) is 0. The standard InChI is InChI=1S/C32H22BrCl2N3O4S/c33-20-9-13-22(14-10-20)38-29(39)18-28(32(38)42)43-23-15-11-21(12-16-23)36-31(41)27(17-24-25(34)7-4-8-26(24)35)37-30(40)19-5-2-1-3-6-19/h1-17,28H,18H2,(H,36,41)(H,37,40)/b27-17-. The van der Waals surface area contributed by atoms with Gasteiger partial charge in [-0.15, -0.1) is 11.8 Å². The van der Waals surface area contributed by atoms with Crippen molar-refractivity contribution in [1.29, 1.82) is 0 Å². The van der Waals surface area contributed by atoms with Crippen LogP contribution in [0.4, 0.5) is 11.4 Å². The number of carbonyl (C=O) groups excluding carboxylic acids is 4. The Morgan fingerprint density at radius 2 is 1.51 bits per heavy atom. The zero-order valence-corrected chi connectivity index (χ0v) is 26.1. The summed E-state index contributed by atoms with van der Waals surface area (Å²) in [4.78, 5) is 53.9. The van der Waals surface area contributed by atoms with Gasteiger partial charge in [0.25, 0.3) is 11.8 Å². The summed E-state index contributed by atoms with van der Waals surface area (Å²) in [6, 6.07) is 27.2. The number of anilines is 2. The highest BCUT2D eigenvalue weighted by Crippen LogP contribution is 2.35. The smallest absolute Gasteiger partial charge is 0.272 e. The zero-order valence-electron chi connectivity index (χ0n) is 22.2. The van der Waals surface area contributed by atoms with Gasteiger partial charge in [0.2, 0.25) is 11.8 Å². The number of hydrogen-bond acceptors (Lipinski definition) is 5. The fourth-order valence-corrected chi connectivity index (χ4v) is 6.10. The Morgan fingerprint density at radius 3 is 2.16 bits per heavy atom. The van der Waals surface area contributed by atoms with Gasteiger partial charge >= 0.3 is 0 Å². The molecule has 4 amide bonds. The van der Waals surface area contributed by atoms with E-state index < -0.39 is 17.1 Å². The number of halogens is 3. The van der Waals surface area contributed by atoms with Gasteiger partial charge in [-0.2, -0.15) is 0 Å². The summed E-state index contributed by atoms with van der Waals surface area (Å²) < 4.78 is 0.849. The van der Waals surface area contributed by atoms with E-state index in [0.29, 0.717) is 32.5 Å². The summed E-state index contributed by atoms with van der Waals surface area (Å²) in [5, 5.41) is 5.49. The van der Waals surface area contributed by atoms with Gasteiger partial charge in [0.1, 0.15) is 5.70 Å². The molecule has 2 N–H and O–H groups in total. The van der Waals surface area contributed by atoms with Crippen molar-refractivity contribution in [3.63, 3.8) is 0 Å². The second-order valence-corrected chi connectivity index (χ2v) is 12.4. The van der Waals surface area contributed by atoms with Crippen molar-refractivity contribution >= 4 is 92.0 Å². The fourth-order valence-electron chi connectivity index (χ4n) is 4.27. The number of rotatable bonds is 8. The first-order valence-corrected chi connectivity index (χ1v) is 15.3. The van der Waals surface area contributed by atoms with Gasteiger partial charge in [-0.1, -0.05) is 63.4 Å². The van der Waals surface area contributed by atoms with Crippen molar-refractivity contribution in [1.82, 2.24) is 5.32 Å². The minimum atomic E-state index is -0.595. The molecule has 1 heterocycles. The summed E-state index contributed by atoms with van der Waals surface area (Å²) in [5.74, 6) is -1.62. The van der Waals surface area contributed by atoms with Gasteiger partial charge in [0.05, 0.1) is 10.9 Å². The van der Waals surface area contributed by atoms with Crippen molar-refractivity contribution < 1.29 is 19.2 Å². The molecule has 216 valence electrons. The molecular weight excluding hydrogens is 673 g/mol. The lowest BCUT2D eigenvalue weighted by Crippen LogP contribution is -2.31. The Kier molecular flexibility index (Phi) is 9.67. The molecule has 43 heavy (non-hydrogen) atoms. The average molecular weight is 695 g/mol. The number of hydrogen-bond donors (Lipinski definition) is 2. The molecule has 11 heteroatoms. The lowest BCUT2D eigenvalue weighted by Gasteiger charge is -2.15. The Labute approximate surface area is 270 Å². The lowest BCUT2D eigenvalue weighted by molar-refractivity contribution is -0.121. The second-order valence-electron chi connectivity index (χ2n) is 9.35. The van der Waals surface area contributed by atoms with Gasteiger partial charge in [-0.05, 0) is 78.9 Å². The third-order valence-electron chi connectivity index (χ3n) is 6.40. The predicted molar refractivity (Wildman–Crippen MR) is 174 cm³/mol. The maximum atomic E-state index is 13.4. The van der Waals surface area contributed by atoms with Crippen molar-refractivity contribution in [3.05, 3.63) is 128 Å². The van der Waals surface area contributed by atoms with Gasteiger partial charge in [0, 0.05) is 42.6 Å².